The van der Waals surface area contributed by atoms with Gasteiger partial charge in [-0.15, -0.1) is 0 Å². The van der Waals surface area contributed by atoms with Gasteiger partial charge in [-0.2, -0.15) is 0 Å². The summed E-state index contributed by atoms with van der Waals surface area (Å²) in [6.07, 6.45) is -3.02. The summed E-state index contributed by atoms with van der Waals surface area (Å²) < 4.78 is 4.93. The van der Waals surface area contributed by atoms with E-state index < -0.39 is 78.3 Å². The molecular weight excluding hydrogens is 492 g/mol. The molecule has 15 nitrogen and oxygen atoms in total. The number of hydrogen-bond donors (Lipinski definition) is 6. The number of ether oxygens (including phenoxy) is 1. The van der Waals surface area contributed by atoms with Crippen LogP contribution in [-0.4, -0.2) is 102 Å². The smallest absolute Gasteiger partial charge is 0.408 e. The highest BCUT2D eigenvalue weighted by atomic mass is 16.6. The lowest BCUT2D eigenvalue weighted by atomic mass is 10.0. The summed E-state index contributed by atoms with van der Waals surface area (Å²) in [4.78, 5) is 85.5. The monoisotopic (exact) mass is 530 g/mol. The Morgan fingerprint density at radius 1 is 1.05 bits per heavy atom. The van der Waals surface area contributed by atoms with Crippen LogP contribution in [0.1, 0.15) is 47.5 Å². The van der Waals surface area contributed by atoms with Gasteiger partial charge in [0, 0.05) is 20.0 Å². The van der Waals surface area contributed by atoms with Crippen molar-refractivity contribution in [2.45, 2.75) is 71.2 Å². The third-order valence-electron chi connectivity index (χ3n) is 4.62. The molecule has 0 aliphatic carbocycles. The fourth-order valence-electron chi connectivity index (χ4n) is 3.05. The van der Waals surface area contributed by atoms with Crippen LogP contribution in [0.5, 0.6) is 0 Å². The predicted molar refractivity (Wildman–Crippen MR) is 130 cm³/mol. The van der Waals surface area contributed by atoms with Crippen LogP contribution < -0.4 is 27.0 Å². The maximum Gasteiger partial charge on any atom is 0.408 e. The minimum absolute atomic E-state index is 0.202. The van der Waals surface area contributed by atoms with Gasteiger partial charge in [0.25, 0.3) is 5.91 Å². The van der Waals surface area contributed by atoms with Crippen molar-refractivity contribution in [1.82, 2.24) is 26.2 Å². The molecule has 0 saturated heterocycles. The van der Waals surface area contributed by atoms with Crippen LogP contribution in [-0.2, 0) is 33.5 Å². The molecule has 0 aliphatic heterocycles. The average molecular weight is 531 g/mol. The van der Waals surface area contributed by atoms with E-state index in [0.29, 0.717) is 0 Å². The highest BCUT2D eigenvalue weighted by Gasteiger charge is 2.35. The first-order valence-electron chi connectivity index (χ1n) is 11.6. The second-order valence-electron chi connectivity index (χ2n) is 9.08. The van der Waals surface area contributed by atoms with Gasteiger partial charge in [0.2, 0.25) is 29.4 Å². The van der Waals surface area contributed by atoms with E-state index in [1.54, 1.807) is 13.8 Å². The summed E-state index contributed by atoms with van der Waals surface area (Å²) in [5, 5.41) is 18.8. The van der Waals surface area contributed by atoms with Crippen molar-refractivity contribution in [3.8, 4) is 0 Å². The minimum atomic E-state index is -1.54. The van der Waals surface area contributed by atoms with E-state index in [1.165, 1.54) is 27.8 Å². The summed E-state index contributed by atoms with van der Waals surface area (Å²) in [6.45, 7) is 6.02. The molecule has 0 saturated carbocycles. The molecule has 0 aromatic heterocycles. The number of carbonyl (C=O) groups is 7. The van der Waals surface area contributed by atoms with Crippen LogP contribution in [0.25, 0.3) is 0 Å². The highest BCUT2D eigenvalue weighted by molar-refractivity contribution is 6.36. The van der Waals surface area contributed by atoms with Gasteiger partial charge in [-0.25, -0.2) is 4.79 Å². The number of nitrogens with zero attached hydrogens (tertiary/aromatic N) is 1. The van der Waals surface area contributed by atoms with Crippen molar-refractivity contribution < 1.29 is 43.4 Å². The number of nitrogens with two attached hydrogens (primary N) is 1. The van der Waals surface area contributed by atoms with E-state index in [4.69, 9.17) is 10.5 Å². The van der Waals surface area contributed by atoms with Gasteiger partial charge in [0.05, 0.1) is 25.3 Å². The lowest BCUT2D eigenvalue weighted by Crippen LogP contribution is -2.59. The SMILES string of the molecule is CNC(=O)C(=O)CC[C@H](NC(=O)OC(C)C)C(=O)NCC(=O)NC(C)(C)C(=O)N(CC(N)=O)CC(C)O. The quantitative estimate of drug-likeness (QED) is 0.121. The molecule has 37 heavy (non-hydrogen) atoms. The van der Waals surface area contributed by atoms with Crippen molar-refractivity contribution in [3.05, 3.63) is 0 Å². The van der Waals surface area contributed by atoms with Crippen LogP contribution in [0, 0.1) is 0 Å². The molecule has 0 radical (unpaired) electrons. The topological polar surface area (TPSA) is 226 Å². The number of hydrogen-bond acceptors (Lipinski definition) is 9. The van der Waals surface area contributed by atoms with Crippen molar-refractivity contribution in [2.24, 2.45) is 5.73 Å². The van der Waals surface area contributed by atoms with Crippen molar-refractivity contribution in [1.29, 1.82) is 0 Å². The number of carbonyl (C=O) groups excluding carboxylic acids is 7. The van der Waals surface area contributed by atoms with Gasteiger partial charge < -0.3 is 41.7 Å². The first kappa shape index (κ1) is 33.2. The number of Topliss-reactive ketones (excluding diaryl/α,β-unsaturated/α-hetero) is 1. The summed E-state index contributed by atoms with van der Waals surface area (Å²) in [5.41, 5.74) is 3.62. The van der Waals surface area contributed by atoms with E-state index in [2.05, 4.69) is 21.3 Å². The molecule has 0 rings (SSSR count). The Morgan fingerprint density at radius 3 is 2.14 bits per heavy atom. The second kappa shape index (κ2) is 15.4. The van der Waals surface area contributed by atoms with E-state index in [1.807, 2.05) is 0 Å². The Hall–Kier alpha value is -3.75. The summed E-state index contributed by atoms with van der Waals surface area (Å²) in [7, 11) is 1.27. The zero-order chi connectivity index (χ0) is 28.9. The largest absolute Gasteiger partial charge is 0.447 e. The molecule has 0 fully saturated rings. The maximum absolute atomic E-state index is 12.8. The van der Waals surface area contributed by atoms with Crippen LogP contribution in [0.15, 0.2) is 0 Å². The third-order valence-corrected chi connectivity index (χ3v) is 4.62. The maximum atomic E-state index is 12.8. The van der Waals surface area contributed by atoms with Gasteiger partial charge >= 0.3 is 6.09 Å². The van der Waals surface area contributed by atoms with Crippen LogP contribution >= 0.6 is 0 Å². The summed E-state index contributed by atoms with van der Waals surface area (Å²) in [6, 6.07) is -1.31. The first-order chi connectivity index (χ1) is 17.0. The van der Waals surface area contributed by atoms with Gasteiger partial charge in [-0.1, -0.05) is 0 Å². The molecule has 6 amide bonds. The molecule has 0 aromatic carbocycles. The lowest BCUT2D eigenvalue weighted by molar-refractivity contribution is -0.143. The molecule has 210 valence electrons. The average Bonchev–Trinajstić information content (AvgIpc) is 2.76. The van der Waals surface area contributed by atoms with Crippen LogP contribution in [0.3, 0.4) is 0 Å². The molecule has 0 spiro atoms. The number of amides is 6. The Balaban J connectivity index is 5.26. The molecule has 0 heterocycles. The van der Waals surface area contributed by atoms with Gasteiger partial charge in [-0.05, 0) is 41.0 Å². The Morgan fingerprint density at radius 2 is 1.65 bits per heavy atom. The molecular formula is C22H38N6O9. The number of likely N-dealkylation sites (N-methyl/N-ethyl adjacent to an activating group) is 1. The first-order valence-corrected chi connectivity index (χ1v) is 11.6. The van der Waals surface area contributed by atoms with Gasteiger partial charge in [0.1, 0.15) is 11.6 Å². The number of rotatable bonds is 15. The second-order valence-corrected chi connectivity index (χ2v) is 9.08. The number of nitrogens with one attached hydrogen (secondary N) is 4. The normalized spacial score (nSPS) is 12.5. The number of aliphatic hydroxyl groups is 1. The zero-order valence-corrected chi connectivity index (χ0v) is 22.0. The van der Waals surface area contributed by atoms with Crippen LogP contribution in [0.4, 0.5) is 4.79 Å². The fraction of sp³-hybridized carbons (Fsp3) is 0.682. The third kappa shape index (κ3) is 13.2. The fourth-order valence-corrected chi connectivity index (χ4v) is 3.05. The predicted octanol–water partition coefficient (Wildman–Crippen LogP) is -2.71. The highest BCUT2D eigenvalue weighted by Crippen LogP contribution is 2.09. The molecule has 0 bridgehead atoms. The van der Waals surface area contributed by atoms with Gasteiger partial charge in [-0.3, -0.25) is 28.8 Å². The molecule has 15 heteroatoms. The number of alkyl carbamates (subject to hydrolysis) is 1. The number of aliphatic hydroxyl groups excluding tert-OH is 1. The van der Waals surface area contributed by atoms with Crippen LogP contribution in [0.2, 0.25) is 0 Å². The lowest BCUT2D eigenvalue weighted by Gasteiger charge is -2.32. The number of primary amides is 1. The molecule has 0 aliphatic rings. The van der Waals surface area contributed by atoms with E-state index in [-0.39, 0.29) is 19.4 Å². The van der Waals surface area contributed by atoms with E-state index in [0.717, 1.165) is 4.90 Å². The number of ketones is 1. The summed E-state index contributed by atoms with van der Waals surface area (Å²) in [5.74, 6) is -4.81. The molecule has 0 aromatic rings. The molecule has 7 N–H and O–H groups in total. The van der Waals surface area contributed by atoms with Crippen molar-refractivity contribution >= 4 is 41.4 Å². The van der Waals surface area contributed by atoms with Crippen molar-refractivity contribution in [3.63, 3.8) is 0 Å². The Kier molecular flexibility index (Phi) is 13.8. The summed E-state index contributed by atoms with van der Waals surface area (Å²) >= 11 is 0. The Labute approximate surface area is 215 Å². The van der Waals surface area contributed by atoms with Gasteiger partial charge in [0.15, 0.2) is 0 Å². The minimum Gasteiger partial charge on any atom is -0.447 e. The van der Waals surface area contributed by atoms with E-state index >= 15 is 0 Å². The van der Waals surface area contributed by atoms with E-state index in [9.17, 15) is 38.7 Å². The standard InChI is InChI=1S/C22H38N6O9/c1-12(2)37-21(36)26-14(7-8-15(30)19(34)24-6)18(33)25-9-17(32)27-22(4,5)20(35)28(10-13(3)29)11-16(23)31/h12-14,29H,7-11H2,1-6H3,(H2,23,31)(H,24,34)(H,25,33)(H,26,36)(H,27,32)/t13?,14-/m0/s1. The zero-order valence-electron chi connectivity index (χ0n) is 22.0. The Bertz CT molecular complexity index is 873. The molecule has 2 atom stereocenters. The molecule has 1 unspecified atom stereocenters. The van der Waals surface area contributed by atoms with Crippen molar-refractivity contribution in [2.75, 3.05) is 26.7 Å².